The van der Waals surface area contributed by atoms with Gasteiger partial charge >= 0.3 is 18.2 Å². The smallest absolute Gasteiger partial charge is 0.403 e. The predicted octanol–water partition coefficient (Wildman–Crippen LogP) is 1.55. The van der Waals surface area contributed by atoms with Gasteiger partial charge in [0.05, 0.1) is 11.1 Å². The van der Waals surface area contributed by atoms with Crippen molar-refractivity contribution in [2.24, 2.45) is 5.14 Å². The SMILES string of the molecule is NS(=O)(=O)c1ncc(OC(F)(F)F)c(C(F)(F)F)c1[N+](=O)[O-]. The van der Waals surface area contributed by atoms with Crippen molar-refractivity contribution in [2.75, 3.05) is 0 Å². The van der Waals surface area contributed by atoms with Crippen LogP contribution in [-0.4, -0.2) is 24.7 Å². The number of nitro groups is 1. The molecule has 1 heterocycles. The zero-order valence-electron chi connectivity index (χ0n) is 9.77. The molecular formula is C7H3F6N3O5S. The summed E-state index contributed by atoms with van der Waals surface area (Å²) in [6.45, 7) is 0. The van der Waals surface area contributed by atoms with Gasteiger partial charge in [0, 0.05) is 0 Å². The Kier molecular flexibility index (Phi) is 4.26. The maximum absolute atomic E-state index is 12.8. The number of nitrogens with two attached hydrogens (primary N) is 1. The first kappa shape index (κ1) is 17.9. The van der Waals surface area contributed by atoms with E-state index in [2.05, 4.69) is 14.9 Å². The lowest BCUT2D eigenvalue weighted by atomic mass is 10.2. The van der Waals surface area contributed by atoms with Gasteiger partial charge in [-0.3, -0.25) is 10.1 Å². The number of primary sulfonamides is 1. The molecule has 0 fully saturated rings. The van der Waals surface area contributed by atoms with E-state index in [0.717, 1.165) is 0 Å². The van der Waals surface area contributed by atoms with Gasteiger partial charge in [-0.15, -0.1) is 13.2 Å². The Morgan fingerprint density at radius 2 is 1.73 bits per heavy atom. The van der Waals surface area contributed by atoms with E-state index >= 15 is 0 Å². The minimum absolute atomic E-state index is 0.275. The van der Waals surface area contributed by atoms with Crippen LogP contribution >= 0.6 is 0 Å². The van der Waals surface area contributed by atoms with E-state index < -0.39 is 49.5 Å². The first-order chi connectivity index (χ1) is 9.64. The summed E-state index contributed by atoms with van der Waals surface area (Å²) < 4.78 is 99.6. The van der Waals surface area contributed by atoms with Crippen LogP contribution in [0.1, 0.15) is 5.56 Å². The average Bonchev–Trinajstić information content (AvgIpc) is 2.22. The fourth-order valence-corrected chi connectivity index (χ4v) is 1.97. The van der Waals surface area contributed by atoms with Crippen LogP contribution in [0.15, 0.2) is 11.2 Å². The van der Waals surface area contributed by atoms with Crippen molar-refractivity contribution in [3.8, 4) is 5.75 Å². The van der Waals surface area contributed by atoms with Crippen molar-refractivity contribution in [2.45, 2.75) is 17.6 Å². The van der Waals surface area contributed by atoms with Gasteiger partial charge in [-0.1, -0.05) is 0 Å². The molecule has 2 N–H and O–H groups in total. The maximum Gasteiger partial charge on any atom is 0.573 e. The van der Waals surface area contributed by atoms with E-state index in [1.165, 1.54) is 0 Å². The van der Waals surface area contributed by atoms with E-state index in [1.54, 1.807) is 0 Å². The number of hydrogen-bond acceptors (Lipinski definition) is 6. The highest BCUT2D eigenvalue weighted by Crippen LogP contribution is 2.45. The second kappa shape index (κ2) is 5.24. The number of hydrogen-bond donors (Lipinski definition) is 1. The van der Waals surface area contributed by atoms with Crippen LogP contribution in [0.25, 0.3) is 0 Å². The molecule has 8 nitrogen and oxygen atoms in total. The van der Waals surface area contributed by atoms with Gasteiger partial charge in [0.25, 0.3) is 10.0 Å². The summed E-state index contributed by atoms with van der Waals surface area (Å²) in [5.41, 5.74) is -4.84. The van der Waals surface area contributed by atoms with Gasteiger partial charge in [-0.25, -0.2) is 18.5 Å². The summed E-state index contributed by atoms with van der Waals surface area (Å²) in [6.07, 6.45) is -11.6. The topological polar surface area (TPSA) is 125 Å². The second-order valence-corrected chi connectivity index (χ2v) is 4.98. The Morgan fingerprint density at radius 3 is 2.05 bits per heavy atom. The van der Waals surface area contributed by atoms with Crippen LogP contribution in [0.3, 0.4) is 0 Å². The van der Waals surface area contributed by atoms with Gasteiger partial charge in [-0.2, -0.15) is 13.2 Å². The van der Waals surface area contributed by atoms with Gasteiger partial charge in [0.1, 0.15) is 0 Å². The monoisotopic (exact) mass is 355 g/mol. The van der Waals surface area contributed by atoms with Crippen LogP contribution in [-0.2, 0) is 16.2 Å². The van der Waals surface area contributed by atoms with E-state index in [4.69, 9.17) is 0 Å². The number of pyridine rings is 1. The molecule has 15 heteroatoms. The minimum atomic E-state index is -5.74. The zero-order chi connectivity index (χ0) is 17.5. The maximum atomic E-state index is 12.8. The number of ether oxygens (including phenoxy) is 1. The second-order valence-electron chi connectivity index (χ2n) is 3.50. The van der Waals surface area contributed by atoms with Gasteiger partial charge in [0.2, 0.25) is 5.03 Å². The van der Waals surface area contributed by atoms with Crippen LogP contribution in [0.5, 0.6) is 5.75 Å². The Hall–Kier alpha value is -2.16. The summed E-state index contributed by atoms with van der Waals surface area (Å²) in [4.78, 5) is 11.4. The Morgan fingerprint density at radius 1 is 1.23 bits per heavy atom. The molecule has 0 aliphatic heterocycles. The Balaban J connectivity index is 3.86. The summed E-state index contributed by atoms with van der Waals surface area (Å²) in [6, 6.07) is 0. The molecule has 0 unspecified atom stereocenters. The number of alkyl halides is 6. The molecule has 0 aliphatic carbocycles. The number of halogens is 6. The molecule has 0 atom stereocenters. The largest absolute Gasteiger partial charge is 0.573 e. The predicted molar refractivity (Wildman–Crippen MR) is 53.9 cm³/mol. The lowest BCUT2D eigenvalue weighted by Crippen LogP contribution is -2.24. The van der Waals surface area contributed by atoms with Gasteiger partial charge in [-0.05, 0) is 0 Å². The summed E-state index contributed by atoms with van der Waals surface area (Å²) in [5, 5.41) is 13.3. The van der Waals surface area contributed by atoms with Crippen LogP contribution in [0, 0.1) is 10.1 Å². The molecule has 1 rings (SSSR count). The van der Waals surface area contributed by atoms with E-state index in [-0.39, 0.29) is 6.20 Å². The summed E-state index contributed by atoms with van der Waals surface area (Å²) in [5.74, 6) is -2.08. The quantitative estimate of drug-likeness (QED) is 0.498. The van der Waals surface area contributed by atoms with Crippen molar-refractivity contribution in [3.63, 3.8) is 0 Å². The molecule has 0 saturated carbocycles. The first-order valence-corrected chi connectivity index (χ1v) is 6.22. The zero-order valence-corrected chi connectivity index (χ0v) is 10.6. The molecule has 1 aromatic heterocycles. The highest BCUT2D eigenvalue weighted by Gasteiger charge is 2.48. The van der Waals surface area contributed by atoms with Crippen LogP contribution in [0.2, 0.25) is 0 Å². The number of aromatic nitrogens is 1. The molecule has 0 radical (unpaired) electrons. The fraction of sp³-hybridized carbons (Fsp3) is 0.286. The van der Waals surface area contributed by atoms with Crippen molar-refractivity contribution in [1.29, 1.82) is 0 Å². The standard InChI is InChI=1S/C7H3F6N3O5S/c8-6(9,10)3-2(21-7(11,12)13)1-15-5(22(14,19)20)4(3)16(17)18/h1H,(H2,14,19,20). The Bertz CT molecular complexity index is 713. The molecule has 0 aromatic carbocycles. The summed E-state index contributed by atoms with van der Waals surface area (Å²) >= 11 is 0. The van der Waals surface area contributed by atoms with Crippen molar-refractivity contribution in [1.82, 2.24) is 4.98 Å². The molecule has 1 aromatic rings. The van der Waals surface area contributed by atoms with Crippen molar-refractivity contribution < 1.29 is 44.4 Å². The normalized spacial score (nSPS) is 13.0. The summed E-state index contributed by atoms with van der Waals surface area (Å²) in [7, 11) is -5.11. The van der Waals surface area contributed by atoms with Gasteiger partial charge < -0.3 is 4.74 Å². The first-order valence-electron chi connectivity index (χ1n) is 4.67. The number of sulfonamides is 1. The number of rotatable bonds is 3. The molecule has 0 amide bonds. The Labute approximate surface area is 116 Å². The molecule has 124 valence electrons. The van der Waals surface area contributed by atoms with Crippen molar-refractivity contribution >= 4 is 15.7 Å². The molecular weight excluding hydrogens is 352 g/mol. The van der Waals surface area contributed by atoms with Crippen LogP contribution < -0.4 is 9.88 Å². The van der Waals surface area contributed by atoms with Gasteiger partial charge in [0.15, 0.2) is 11.3 Å². The minimum Gasteiger partial charge on any atom is -0.403 e. The van der Waals surface area contributed by atoms with E-state index in [1.807, 2.05) is 0 Å². The fourth-order valence-electron chi connectivity index (χ4n) is 1.32. The molecule has 0 bridgehead atoms. The lowest BCUT2D eigenvalue weighted by Gasteiger charge is -2.15. The highest BCUT2D eigenvalue weighted by molar-refractivity contribution is 7.89. The lowest BCUT2D eigenvalue weighted by molar-refractivity contribution is -0.391. The third-order valence-electron chi connectivity index (χ3n) is 1.95. The van der Waals surface area contributed by atoms with Crippen LogP contribution in [0.4, 0.5) is 32.0 Å². The van der Waals surface area contributed by atoms with Crippen molar-refractivity contribution in [3.05, 3.63) is 21.9 Å². The average molecular weight is 355 g/mol. The third kappa shape index (κ3) is 3.94. The molecule has 0 aliphatic rings. The molecule has 22 heavy (non-hydrogen) atoms. The molecule has 0 spiro atoms. The third-order valence-corrected chi connectivity index (χ3v) is 2.78. The number of nitrogens with zero attached hydrogens (tertiary/aromatic N) is 2. The van der Waals surface area contributed by atoms with E-state index in [9.17, 15) is 44.9 Å². The highest BCUT2D eigenvalue weighted by atomic mass is 32.2. The van der Waals surface area contributed by atoms with E-state index in [0.29, 0.717) is 0 Å². The molecule has 0 saturated heterocycles.